The number of aromatic nitrogens is 5. The number of piperazine rings is 1. The number of hydrogen-bond donors (Lipinski definition) is 1. The van der Waals surface area contributed by atoms with Crippen LogP contribution in [0, 0.1) is 6.92 Å². The van der Waals surface area contributed by atoms with Crippen molar-refractivity contribution in [1.29, 1.82) is 0 Å². The Labute approximate surface area is 150 Å². The first-order valence-corrected chi connectivity index (χ1v) is 8.51. The second-order valence-corrected chi connectivity index (χ2v) is 6.19. The van der Waals surface area contributed by atoms with Crippen molar-refractivity contribution in [2.45, 2.75) is 6.92 Å². The lowest BCUT2D eigenvalue weighted by molar-refractivity contribution is 0.637. The minimum absolute atomic E-state index is 0.188. The molecule has 26 heavy (non-hydrogen) atoms. The predicted octanol–water partition coefficient (Wildman–Crippen LogP) is 1.26. The molecule has 3 aromatic rings. The molecule has 0 aromatic carbocycles. The number of nitrogens with zero attached hydrogens (tertiary/aromatic N) is 6. The first kappa shape index (κ1) is 16.2. The van der Waals surface area contributed by atoms with Crippen LogP contribution in [-0.2, 0) is 0 Å². The largest absolute Gasteiger partial charge is 0.353 e. The van der Waals surface area contributed by atoms with Gasteiger partial charge in [-0.15, -0.1) is 0 Å². The van der Waals surface area contributed by atoms with Crippen LogP contribution in [0.2, 0.25) is 0 Å². The van der Waals surface area contributed by atoms with Crippen molar-refractivity contribution in [2.24, 2.45) is 0 Å². The molecule has 0 radical (unpaired) electrons. The van der Waals surface area contributed by atoms with Crippen LogP contribution < -0.4 is 15.4 Å². The van der Waals surface area contributed by atoms with E-state index < -0.39 is 0 Å². The van der Waals surface area contributed by atoms with Gasteiger partial charge >= 0.3 is 0 Å². The fourth-order valence-corrected chi connectivity index (χ4v) is 3.02. The van der Waals surface area contributed by atoms with Gasteiger partial charge in [-0.05, 0) is 25.1 Å². The molecule has 1 aliphatic heterocycles. The average molecular weight is 349 g/mol. The van der Waals surface area contributed by atoms with Gasteiger partial charge in [0.2, 0.25) is 0 Å². The summed E-state index contributed by atoms with van der Waals surface area (Å²) in [6.07, 6.45) is 3.52. The van der Waals surface area contributed by atoms with Gasteiger partial charge in [-0.2, -0.15) is 5.10 Å². The molecule has 4 rings (SSSR count). The molecule has 1 saturated heterocycles. The van der Waals surface area contributed by atoms with Crippen LogP contribution in [0.1, 0.15) is 5.69 Å². The number of hydrogen-bond acceptors (Lipinski definition) is 7. The third-order valence-electron chi connectivity index (χ3n) is 4.35. The van der Waals surface area contributed by atoms with Gasteiger partial charge < -0.3 is 9.80 Å². The zero-order valence-corrected chi connectivity index (χ0v) is 14.5. The summed E-state index contributed by atoms with van der Waals surface area (Å²) in [5.74, 6) is 2.41. The first-order chi connectivity index (χ1) is 12.7. The summed E-state index contributed by atoms with van der Waals surface area (Å²) in [4.78, 5) is 29.0. The van der Waals surface area contributed by atoms with Crippen molar-refractivity contribution in [1.82, 2.24) is 25.1 Å². The van der Waals surface area contributed by atoms with E-state index in [0.717, 1.165) is 49.1 Å². The summed E-state index contributed by atoms with van der Waals surface area (Å²) >= 11 is 0. The molecule has 0 atom stereocenters. The smallest absolute Gasteiger partial charge is 0.264 e. The number of pyridine rings is 1. The van der Waals surface area contributed by atoms with Crippen LogP contribution in [0.4, 0.5) is 11.6 Å². The molecule has 1 fully saturated rings. The van der Waals surface area contributed by atoms with Crippen LogP contribution in [0.25, 0.3) is 11.4 Å². The molecule has 0 amide bonds. The lowest BCUT2D eigenvalue weighted by atomic mass is 10.2. The van der Waals surface area contributed by atoms with Crippen LogP contribution in [-0.4, -0.2) is 51.3 Å². The van der Waals surface area contributed by atoms with Crippen molar-refractivity contribution >= 4 is 11.6 Å². The molecule has 0 unspecified atom stereocenters. The van der Waals surface area contributed by atoms with Crippen LogP contribution in [0.3, 0.4) is 0 Å². The van der Waals surface area contributed by atoms with E-state index >= 15 is 0 Å². The van der Waals surface area contributed by atoms with Gasteiger partial charge in [0.05, 0.1) is 0 Å². The van der Waals surface area contributed by atoms with E-state index in [9.17, 15) is 4.79 Å². The normalized spacial score (nSPS) is 14.5. The van der Waals surface area contributed by atoms with Gasteiger partial charge in [-0.25, -0.2) is 15.1 Å². The molecule has 0 spiro atoms. The summed E-state index contributed by atoms with van der Waals surface area (Å²) in [6.45, 7) is 5.24. The SMILES string of the molecule is Cc1cc(N2CCN(c3ccc(=O)[nH]n3)CC2)nc(-c2cccnc2)n1. The van der Waals surface area contributed by atoms with Gasteiger partial charge in [0.25, 0.3) is 5.56 Å². The molecule has 8 heteroatoms. The van der Waals surface area contributed by atoms with Gasteiger partial charge in [0.1, 0.15) is 11.6 Å². The monoisotopic (exact) mass is 349 g/mol. The average Bonchev–Trinajstić information content (AvgIpc) is 2.69. The van der Waals surface area contributed by atoms with Gasteiger partial charge in [0, 0.05) is 62.0 Å². The topological polar surface area (TPSA) is 90.9 Å². The highest BCUT2D eigenvalue weighted by atomic mass is 16.1. The fourth-order valence-electron chi connectivity index (χ4n) is 3.02. The Morgan fingerprint density at radius 3 is 2.42 bits per heavy atom. The maximum absolute atomic E-state index is 11.2. The van der Waals surface area contributed by atoms with E-state index in [2.05, 4.69) is 30.0 Å². The third-order valence-corrected chi connectivity index (χ3v) is 4.35. The Kier molecular flexibility index (Phi) is 4.30. The predicted molar refractivity (Wildman–Crippen MR) is 99.3 cm³/mol. The van der Waals surface area contributed by atoms with Crippen molar-refractivity contribution in [3.05, 3.63) is 58.8 Å². The summed E-state index contributed by atoms with van der Waals surface area (Å²) in [5.41, 5.74) is 1.65. The Hall–Kier alpha value is -3.29. The van der Waals surface area contributed by atoms with Crippen molar-refractivity contribution in [3.8, 4) is 11.4 Å². The van der Waals surface area contributed by atoms with Gasteiger partial charge in [-0.3, -0.25) is 9.78 Å². The summed E-state index contributed by atoms with van der Waals surface area (Å²) in [6, 6.07) is 9.11. The summed E-state index contributed by atoms with van der Waals surface area (Å²) in [7, 11) is 0. The minimum Gasteiger partial charge on any atom is -0.353 e. The summed E-state index contributed by atoms with van der Waals surface area (Å²) in [5, 5.41) is 6.59. The van der Waals surface area contributed by atoms with Crippen molar-refractivity contribution in [2.75, 3.05) is 36.0 Å². The number of anilines is 2. The molecule has 3 aromatic heterocycles. The van der Waals surface area contributed by atoms with E-state index in [1.807, 2.05) is 25.1 Å². The van der Waals surface area contributed by atoms with Crippen molar-refractivity contribution < 1.29 is 0 Å². The molecule has 0 saturated carbocycles. The standard InChI is InChI=1S/C18H19N7O/c1-13-11-16(21-18(20-13)14-3-2-6-19-12-14)25-9-7-24(8-10-25)15-4-5-17(26)23-22-15/h2-6,11-12H,7-10H2,1H3,(H,23,26). The van der Waals surface area contributed by atoms with E-state index in [4.69, 9.17) is 4.98 Å². The number of aryl methyl sites for hydroxylation is 1. The van der Waals surface area contributed by atoms with Gasteiger partial charge in [0.15, 0.2) is 5.82 Å². The Morgan fingerprint density at radius 2 is 1.77 bits per heavy atom. The number of nitrogens with one attached hydrogen (secondary N) is 1. The van der Waals surface area contributed by atoms with E-state index in [0.29, 0.717) is 5.82 Å². The highest BCUT2D eigenvalue weighted by Crippen LogP contribution is 2.21. The zero-order valence-electron chi connectivity index (χ0n) is 14.5. The Balaban J connectivity index is 1.51. The minimum atomic E-state index is -0.188. The number of rotatable bonds is 3. The molecule has 0 bridgehead atoms. The molecule has 4 heterocycles. The molecule has 0 aliphatic carbocycles. The van der Waals surface area contributed by atoms with E-state index in [1.165, 1.54) is 6.07 Å². The van der Waals surface area contributed by atoms with Crippen LogP contribution in [0.5, 0.6) is 0 Å². The maximum Gasteiger partial charge on any atom is 0.264 e. The number of H-pyrrole nitrogens is 1. The molecule has 8 nitrogen and oxygen atoms in total. The summed E-state index contributed by atoms with van der Waals surface area (Å²) < 4.78 is 0. The highest BCUT2D eigenvalue weighted by Gasteiger charge is 2.20. The van der Waals surface area contributed by atoms with Crippen LogP contribution >= 0.6 is 0 Å². The van der Waals surface area contributed by atoms with Gasteiger partial charge in [-0.1, -0.05) is 0 Å². The maximum atomic E-state index is 11.2. The molecule has 1 N–H and O–H groups in total. The first-order valence-electron chi connectivity index (χ1n) is 8.51. The fraction of sp³-hybridized carbons (Fsp3) is 0.278. The molecular weight excluding hydrogens is 330 g/mol. The molecule has 132 valence electrons. The molecular formula is C18H19N7O. The van der Waals surface area contributed by atoms with Crippen LogP contribution in [0.15, 0.2) is 47.5 Å². The Morgan fingerprint density at radius 1 is 1.00 bits per heavy atom. The third kappa shape index (κ3) is 3.39. The highest BCUT2D eigenvalue weighted by molar-refractivity contribution is 5.57. The number of aromatic amines is 1. The lowest BCUT2D eigenvalue weighted by Crippen LogP contribution is -2.47. The molecule has 1 aliphatic rings. The quantitative estimate of drug-likeness (QED) is 0.761. The van der Waals surface area contributed by atoms with E-state index in [-0.39, 0.29) is 5.56 Å². The second kappa shape index (κ2) is 6.91. The zero-order chi connectivity index (χ0) is 17.9. The van der Waals surface area contributed by atoms with E-state index in [1.54, 1.807) is 18.5 Å². The van der Waals surface area contributed by atoms with Crippen molar-refractivity contribution in [3.63, 3.8) is 0 Å². The lowest BCUT2D eigenvalue weighted by Gasteiger charge is -2.36. The Bertz CT molecular complexity index is 929. The second-order valence-electron chi connectivity index (χ2n) is 6.19.